The molecule has 1 nitrogen and oxygen atoms in total. The molecule has 8 heavy (non-hydrogen) atoms. The maximum Gasteiger partial charge on any atom is 0 e. The van der Waals surface area contributed by atoms with Crippen LogP contribution in [0.15, 0.2) is 0 Å². The van der Waals surface area contributed by atoms with E-state index < -0.39 is 0 Å². The van der Waals surface area contributed by atoms with Gasteiger partial charge in [-0.05, 0) is 0 Å². The second-order valence-corrected chi connectivity index (χ2v) is 0. The predicted molar refractivity (Wildman–Crippen MR) is 18.6 cm³/mol. The zero-order chi connectivity index (χ0) is 2.00. The first kappa shape index (κ1) is 47.7. The van der Waals surface area contributed by atoms with E-state index in [1.165, 1.54) is 0 Å². The van der Waals surface area contributed by atoms with Gasteiger partial charge in [-0.3, -0.25) is 0 Å². The molecule has 0 aromatic rings. The van der Waals surface area contributed by atoms with Gasteiger partial charge in [0.1, 0.15) is 0 Å². The molecular formula is H5BaBiFeMnNdOScTi. The minimum atomic E-state index is 0. The van der Waals surface area contributed by atoms with Crippen molar-refractivity contribution in [1.29, 1.82) is 0 Å². The van der Waals surface area contributed by atoms with Gasteiger partial charge < -0.3 is 2.85 Å². The smallest absolute Gasteiger partial charge is 0 e. The summed E-state index contributed by atoms with van der Waals surface area (Å²) in [5, 5.41) is 0. The summed E-state index contributed by atoms with van der Waals surface area (Å²) in [6.07, 6.45) is 0. The Balaban J connectivity index is -0.000000000179. The first-order valence-corrected chi connectivity index (χ1v) is 0.636. The second-order valence-electron chi connectivity index (χ2n) is 0. The van der Waals surface area contributed by atoms with Crippen molar-refractivity contribution < 1.29 is 128 Å². The van der Waals surface area contributed by atoms with Gasteiger partial charge in [0.25, 0.3) is 0 Å². The molecule has 8 heteroatoms. The summed E-state index contributed by atoms with van der Waals surface area (Å²) in [4.78, 5) is 0. The summed E-state index contributed by atoms with van der Waals surface area (Å²) < 4.78 is 8.06. The van der Waals surface area contributed by atoms with E-state index in [0.29, 0.717) is 0 Å². The SMILES string of the molecule is [Ba+2].[BiH3].[Fe].[H-].[H-].[Nd].[O]=[Mn].[Sc].[Ti]. The van der Waals surface area contributed by atoms with Gasteiger partial charge in [0.2, 0.25) is 0 Å². The van der Waals surface area contributed by atoms with Crippen molar-refractivity contribution in [2.45, 2.75) is 0 Å². The largest absolute Gasteiger partial charge is 0 e. The minimum absolute atomic E-state index is 0. The molecule has 0 unspecified atom stereocenters. The van der Waals surface area contributed by atoms with E-state index in [4.69, 9.17) is 3.83 Å². The molecule has 0 amide bonds. The molecule has 0 rings (SSSR count). The Hall–Kier alpha value is 6.23. The average Bonchev–Trinajstić information content (AvgIpc) is 1.00. The average molecular weight is 715 g/mol. The molecule has 0 aliphatic heterocycles. The molecule has 0 aliphatic carbocycles. The van der Waals surface area contributed by atoms with E-state index in [2.05, 4.69) is 0 Å². The summed E-state index contributed by atoms with van der Waals surface area (Å²) in [5.41, 5.74) is 0. The monoisotopic (exact) mass is 714 g/mol. The van der Waals surface area contributed by atoms with Crippen LogP contribution in [0, 0.1) is 40.8 Å². The van der Waals surface area contributed by atoms with Crippen LogP contribution in [-0.2, 0) is 84.4 Å². The second kappa shape index (κ2) is 51.0. The Bertz CT molecular complexity index is 31.2. The van der Waals surface area contributed by atoms with Gasteiger partial charge in [-0.15, -0.1) is 0 Å². The number of hydrogen-bond donors (Lipinski definition) is 0. The predicted octanol–water partition coefficient (Wildman–Crippen LogP) is -1.47. The third kappa shape index (κ3) is 39.7. The fourth-order valence-electron chi connectivity index (χ4n) is 0. The Morgan fingerprint density at radius 1 is 1.25 bits per heavy atom. The molecule has 0 aliphatic rings. The van der Waals surface area contributed by atoms with Gasteiger partial charge >= 0.3 is 94.9 Å². The normalized spacial score (nSPS) is 0.500. The van der Waals surface area contributed by atoms with Crippen molar-refractivity contribution >= 4 is 75.1 Å². The van der Waals surface area contributed by atoms with E-state index >= 15 is 0 Å². The fourth-order valence-corrected chi connectivity index (χ4v) is 0. The summed E-state index contributed by atoms with van der Waals surface area (Å²) in [5.74, 6) is 0. The molecule has 0 fully saturated rings. The van der Waals surface area contributed by atoms with Crippen LogP contribution in [0.4, 0.5) is 0 Å². The third-order valence-corrected chi connectivity index (χ3v) is 0. The van der Waals surface area contributed by atoms with Crippen molar-refractivity contribution in [2.75, 3.05) is 0 Å². The molecule has 0 atom stereocenters. The third-order valence-electron chi connectivity index (χ3n) is 0. The molecule has 1 radical (unpaired) electrons. The number of hydrogen-bond acceptors (Lipinski definition) is 1. The Morgan fingerprint density at radius 3 is 1.25 bits per heavy atom. The molecule has 0 N–H and O–H groups in total. The van der Waals surface area contributed by atoms with Crippen molar-refractivity contribution in [1.82, 2.24) is 0 Å². The molecular weight excluding hydrogens is 710 g/mol. The van der Waals surface area contributed by atoms with Gasteiger partial charge in [0.05, 0.1) is 0 Å². The maximum absolute atomic E-state index is 8.06. The summed E-state index contributed by atoms with van der Waals surface area (Å²) >= 11 is 1.69. The summed E-state index contributed by atoms with van der Waals surface area (Å²) in [6.45, 7) is 0. The molecule has 0 aromatic heterocycles. The zero-order valence-corrected chi connectivity index (χ0v) is 22.9. The first-order valence-electron chi connectivity index (χ1n) is 0.154. The minimum Gasteiger partial charge on any atom is 0 e. The quantitative estimate of drug-likeness (QED) is 0.281. The first-order chi connectivity index (χ1) is 1.00. The van der Waals surface area contributed by atoms with Gasteiger partial charge in [0.15, 0.2) is 0 Å². The van der Waals surface area contributed by atoms with Crippen LogP contribution >= 0.6 is 0 Å². The molecule has 44 valence electrons. The van der Waals surface area contributed by atoms with Crippen LogP contribution in [0.25, 0.3) is 0 Å². The van der Waals surface area contributed by atoms with E-state index in [-0.39, 0.29) is 183 Å². The van der Waals surface area contributed by atoms with Crippen LogP contribution in [0.3, 0.4) is 0 Å². The van der Waals surface area contributed by atoms with Crippen molar-refractivity contribution in [3.8, 4) is 0 Å². The van der Waals surface area contributed by atoms with E-state index in [1.807, 2.05) is 0 Å². The number of rotatable bonds is 0. The van der Waals surface area contributed by atoms with Crippen LogP contribution in [0.5, 0.6) is 0 Å². The van der Waals surface area contributed by atoms with E-state index in [0.717, 1.165) is 0 Å². The van der Waals surface area contributed by atoms with Gasteiger partial charge in [-0.25, -0.2) is 0 Å². The molecule has 0 bridgehead atoms. The Kier molecular flexibility index (Phi) is 304. The van der Waals surface area contributed by atoms with Crippen LogP contribution in [0.1, 0.15) is 2.85 Å². The van der Waals surface area contributed by atoms with E-state index in [1.54, 1.807) is 15.9 Å². The Labute approximate surface area is 197 Å². The Morgan fingerprint density at radius 2 is 1.25 bits per heavy atom. The van der Waals surface area contributed by atoms with Crippen LogP contribution in [0.2, 0.25) is 0 Å². The van der Waals surface area contributed by atoms with E-state index in [9.17, 15) is 0 Å². The van der Waals surface area contributed by atoms with Crippen molar-refractivity contribution in [3.05, 3.63) is 0 Å². The maximum atomic E-state index is 8.06. The van der Waals surface area contributed by atoms with Gasteiger partial charge in [-0.1, -0.05) is 0 Å². The van der Waals surface area contributed by atoms with Crippen molar-refractivity contribution in [2.24, 2.45) is 0 Å². The van der Waals surface area contributed by atoms with Crippen molar-refractivity contribution in [3.63, 3.8) is 0 Å². The molecule has 0 saturated heterocycles. The van der Waals surface area contributed by atoms with Gasteiger partial charge in [0, 0.05) is 105 Å². The van der Waals surface area contributed by atoms with Crippen LogP contribution in [-0.4, -0.2) is 75.1 Å². The zero-order valence-electron chi connectivity index (χ0n) is 6.13. The molecule has 0 spiro atoms. The fraction of sp³-hybridized carbons (Fsp3) is 0. The topological polar surface area (TPSA) is 17.1 Å². The molecule has 0 aromatic carbocycles. The summed E-state index contributed by atoms with van der Waals surface area (Å²) in [7, 11) is 0. The summed E-state index contributed by atoms with van der Waals surface area (Å²) in [6, 6.07) is 0. The standard InChI is InChI=1S/Ba.Bi.Fe.Mn.Nd.O.Sc.Ti.5H/q+2;;;;;;;;;;;2*-1. The molecule has 0 saturated carbocycles. The van der Waals surface area contributed by atoms with Crippen LogP contribution < -0.4 is 0 Å². The molecule has 0 heterocycles. The van der Waals surface area contributed by atoms with Gasteiger partial charge in [-0.2, -0.15) is 0 Å².